The summed E-state index contributed by atoms with van der Waals surface area (Å²) in [6.45, 7) is -0.705. The number of hydrogen-bond donors (Lipinski definition) is 0. The van der Waals surface area contributed by atoms with Crippen LogP contribution in [0.2, 0.25) is 5.02 Å². The third-order valence-electron chi connectivity index (χ3n) is 3.01. The highest BCUT2D eigenvalue weighted by Gasteiger charge is 2.14. The van der Waals surface area contributed by atoms with Crippen LogP contribution in [0.4, 0.5) is 0 Å². The average molecular weight is 414 g/mol. The maximum Gasteiger partial charge on any atom is 0.344 e. The second kappa shape index (κ2) is 8.70. The number of carbonyl (C=O) groups excluding carboxylic acids is 2. The van der Waals surface area contributed by atoms with Crippen molar-refractivity contribution >= 4 is 39.3 Å². The van der Waals surface area contributed by atoms with Crippen molar-refractivity contribution in [1.82, 2.24) is 0 Å². The Morgan fingerprint density at radius 1 is 1.08 bits per heavy atom. The molecule has 0 bridgehead atoms. The van der Waals surface area contributed by atoms with E-state index >= 15 is 0 Å². The monoisotopic (exact) mass is 412 g/mol. The molecule has 7 heteroatoms. The van der Waals surface area contributed by atoms with E-state index in [0.29, 0.717) is 26.6 Å². The molecule has 126 valence electrons. The first-order valence-electron chi connectivity index (χ1n) is 6.91. The lowest BCUT2D eigenvalue weighted by atomic mass is 10.1. The summed E-state index contributed by atoms with van der Waals surface area (Å²) in [5.41, 5.74) is 0.356. The second-order valence-corrected chi connectivity index (χ2v) is 5.94. The Bertz CT molecular complexity index is 748. The quantitative estimate of drug-likeness (QED) is 0.509. The number of benzene rings is 2. The number of hydrogen-bond acceptors (Lipinski definition) is 5. The molecule has 0 heterocycles. The van der Waals surface area contributed by atoms with Gasteiger partial charge in [-0.2, -0.15) is 0 Å². The van der Waals surface area contributed by atoms with Crippen LogP contribution in [0, 0.1) is 0 Å². The van der Waals surface area contributed by atoms with E-state index in [-0.39, 0.29) is 19.0 Å². The van der Waals surface area contributed by atoms with Gasteiger partial charge >= 0.3 is 5.97 Å². The van der Waals surface area contributed by atoms with Crippen LogP contribution in [-0.2, 0) is 9.53 Å². The van der Waals surface area contributed by atoms with Gasteiger partial charge in [0.1, 0.15) is 11.5 Å². The van der Waals surface area contributed by atoms with Crippen molar-refractivity contribution in [1.29, 1.82) is 0 Å². The number of carbonyl (C=O) groups is 2. The Kier molecular flexibility index (Phi) is 6.63. The average Bonchev–Trinajstić information content (AvgIpc) is 2.58. The standard InChI is InChI=1S/C17H14BrClO5/c1-22-15-5-3-2-4-12(15)14(20)9-24-17(21)10-23-16-7-6-11(19)8-13(16)18/h2-8H,9-10H2,1H3. The van der Waals surface area contributed by atoms with Crippen LogP contribution in [0.25, 0.3) is 0 Å². The van der Waals surface area contributed by atoms with E-state index in [1.807, 2.05) is 0 Å². The van der Waals surface area contributed by atoms with Crippen LogP contribution in [0.5, 0.6) is 11.5 Å². The zero-order chi connectivity index (χ0) is 17.5. The topological polar surface area (TPSA) is 61.8 Å². The third-order valence-corrected chi connectivity index (χ3v) is 3.87. The molecule has 0 spiro atoms. The summed E-state index contributed by atoms with van der Waals surface area (Å²) < 4.78 is 16.0. The van der Waals surface area contributed by atoms with E-state index in [1.165, 1.54) is 7.11 Å². The van der Waals surface area contributed by atoms with E-state index in [9.17, 15) is 9.59 Å². The van der Waals surface area contributed by atoms with Crippen molar-refractivity contribution < 1.29 is 23.8 Å². The van der Waals surface area contributed by atoms with Crippen molar-refractivity contribution in [2.24, 2.45) is 0 Å². The van der Waals surface area contributed by atoms with Crippen LogP contribution in [0.3, 0.4) is 0 Å². The smallest absolute Gasteiger partial charge is 0.344 e. The Hall–Kier alpha value is -2.05. The van der Waals surface area contributed by atoms with Crippen LogP contribution < -0.4 is 9.47 Å². The molecule has 0 fully saturated rings. The van der Waals surface area contributed by atoms with Crippen molar-refractivity contribution in [3.05, 3.63) is 57.5 Å². The van der Waals surface area contributed by atoms with Crippen molar-refractivity contribution in [3.63, 3.8) is 0 Å². The molecule has 0 aliphatic rings. The fourth-order valence-corrected chi connectivity index (χ4v) is 2.67. The molecule has 2 aromatic rings. The number of ketones is 1. The van der Waals surface area contributed by atoms with Gasteiger partial charge in [-0.05, 0) is 46.3 Å². The Morgan fingerprint density at radius 2 is 1.83 bits per heavy atom. The van der Waals surface area contributed by atoms with Crippen LogP contribution in [0.15, 0.2) is 46.9 Å². The van der Waals surface area contributed by atoms with Gasteiger partial charge < -0.3 is 14.2 Å². The molecule has 0 unspecified atom stereocenters. The van der Waals surface area contributed by atoms with Gasteiger partial charge in [-0.3, -0.25) is 4.79 Å². The summed E-state index contributed by atoms with van der Waals surface area (Å²) >= 11 is 9.10. The molecule has 2 aromatic carbocycles. The van der Waals surface area contributed by atoms with Gasteiger partial charge in [0, 0.05) is 5.02 Å². The first-order valence-corrected chi connectivity index (χ1v) is 8.08. The molecule has 0 aliphatic heterocycles. The minimum absolute atomic E-state index is 0.320. The Balaban J connectivity index is 1.85. The maximum absolute atomic E-state index is 12.1. The lowest BCUT2D eigenvalue weighted by Gasteiger charge is -2.09. The molecule has 0 saturated carbocycles. The fourth-order valence-electron chi connectivity index (χ4n) is 1.87. The first kappa shape index (κ1) is 18.3. The largest absolute Gasteiger partial charge is 0.496 e. The minimum atomic E-state index is -0.653. The SMILES string of the molecule is COc1ccccc1C(=O)COC(=O)COc1ccc(Cl)cc1Br. The van der Waals surface area contributed by atoms with Gasteiger partial charge in [0.2, 0.25) is 5.78 Å². The van der Waals surface area contributed by atoms with Crippen LogP contribution in [-0.4, -0.2) is 32.1 Å². The third kappa shape index (κ3) is 4.97. The predicted molar refractivity (Wildman–Crippen MR) is 92.9 cm³/mol. The lowest BCUT2D eigenvalue weighted by molar-refractivity contribution is -0.144. The number of para-hydroxylation sites is 1. The fraction of sp³-hybridized carbons (Fsp3) is 0.176. The number of rotatable bonds is 7. The molecule has 5 nitrogen and oxygen atoms in total. The van der Waals surface area contributed by atoms with Crippen molar-refractivity contribution in [2.45, 2.75) is 0 Å². The summed E-state index contributed by atoms with van der Waals surface area (Å²) in [5.74, 6) is -0.124. The molecule has 0 radical (unpaired) electrons. The molecule has 2 rings (SSSR count). The highest BCUT2D eigenvalue weighted by Crippen LogP contribution is 2.27. The zero-order valence-corrected chi connectivity index (χ0v) is 15.1. The number of halogens is 2. The molecular formula is C17H14BrClO5. The van der Waals surface area contributed by atoms with Crippen molar-refractivity contribution in [2.75, 3.05) is 20.3 Å². The summed E-state index contributed by atoms with van der Waals surface area (Å²) in [7, 11) is 1.47. The van der Waals surface area contributed by atoms with Gasteiger partial charge in [0.05, 0.1) is 17.1 Å². The van der Waals surface area contributed by atoms with Gasteiger partial charge in [-0.25, -0.2) is 4.79 Å². The summed E-state index contributed by atoms with van der Waals surface area (Å²) in [6, 6.07) is 11.6. The number of methoxy groups -OCH3 is 1. The van der Waals surface area contributed by atoms with Crippen LogP contribution >= 0.6 is 27.5 Å². The number of ether oxygens (including phenoxy) is 3. The Morgan fingerprint density at radius 3 is 2.54 bits per heavy atom. The zero-order valence-electron chi connectivity index (χ0n) is 12.8. The number of esters is 1. The highest BCUT2D eigenvalue weighted by atomic mass is 79.9. The minimum Gasteiger partial charge on any atom is -0.496 e. The van der Waals surface area contributed by atoms with E-state index < -0.39 is 5.97 Å². The van der Waals surface area contributed by atoms with E-state index in [0.717, 1.165) is 0 Å². The molecule has 0 aliphatic carbocycles. The molecule has 0 atom stereocenters. The molecule has 24 heavy (non-hydrogen) atoms. The summed E-state index contributed by atoms with van der Waals surface area (Å²) in [6.07, 6.45) is 0. The second-order valence-electron chi connectivity index (χ2n) is 4.65. The van der Waals surface area contributed by atoms with E-state index in [4.69, 9.17) is 25.8 Å². The van der Waals surface area contributed by atoms with E-state index in [1.54, 1.807) is 42.5 Å². The maximum atomic E-state index is 12.1. The summed E-state index contributed by atoms with van der Waals surface area (Å²) in [5, 5.41) is 0.541. The summed E-state index contributed by atoms with van der Waals surface area (Å²) in [4.78, 5) is 23.8. The van der Waals surface area contributed by atoms with Gasteiger partial charge in [-0.15, -0.1) is 0 Å². The highest BCUT2D eigenvalue weighted by molar-refractivity contribution is 9.10. The van der Waals surface area contributed by atoms with Crippen molar-refractivity contribution in [3.8, 4) is 11.5 Å². The van der Waals surface area contributed by atoms with Gasteiger partial charge in [0.15, 0.2) is 13.2 Å². The normalized spacial score (nSPS) is 10.1. The lowest BCUT2D eigenvalue weighted by Crippen LogP contribution is -2.20. The van der Waals surface area contributed by atoms with Gasteiger partial charge in [-0.1, -0.05) is 23.7 Å². The first-order chi connectivity index (χ1) is 11.5. The Labute approximate surface area is 152 Å². The molecule has 0 N–H and O–H groups in total. The van der Waals surface area contributed by atoms with Gasteiger partial charge in [0.25, 0.3) is 0 Å². The van der Waals surface area contributed by atoms with E-state index in [2.05, 4.69) is 15.9 Å². The van der Waals surface area contributed by atoms with Crippen LogP contribution in [0.1, 0.15) is 10.4 Å². The molecule has 0 aromatic heterocycles. The predicted octanol–water partition coefficient (Wildman–Crippen LogP) is 3.92. The number of Topliss-reactive ketones (excluding diaryl/α,β-unsaturated/α-hetero) is 1. The molecular weight excluding hydrogens is 400 g/mol. The molecule has 0 amide bonds. The molecule has 0 saturated heterocycles.